The Labute approximate surface area is 127 Å². The predicted octanol–water partition coefficient (Wildman–Crippen LogP) is 4.18. The van der Waals surface area contributed by atoms with Crippen molar-refractivity contribution in [3.05, 3.63) is 60.7 Å². The molecule has 0 heterocycles. The second-order valence-electron chi connectivity index (χ2n) is 2.50. The van der Waals surface area contributed by atoms with E-state index in [1.807, 2.05) is 60.7 Å². The van der Waals surface area contributed by atoms with Gasteiger partial charge in [0, 0.05) is 15.9 Å². The van der Waals surface area contributed by atoms with Gasteiger partial charge in [0.05, 0.1) is 0 Å². The summed E-state index contributed by atoms with van der Waals surface area (Å²) < 4.78 is 0. The molecule has 87 valence electrons. The van der Waals surface area contributed by atoms with Crippen molar-refractivity contribution >= 4 is 21.1 Å². The third-order valence-electron chi connectivity index (χ3n) is 1.11. The predicted molar refractivity (Wildman–Crippen MR) is 74.7 cm³/mol. The van der Waals surface area contributed by atoms with Gasteiger partial charge in [-0.3, -0.25) is 0 Å². The maximum atomic E-state index is 4.64. The molecule has 2 rings (SSSR count). The Balaban J connectivity index is -0.000000147. The number of hydrogen-bond donors (Lipinski definition) is 0. The van der Waals surface area contributed by atoms with Crippen molar-refractivity contribution in [2.24, 2.45) is 0 Å². The smallest absolute Gasteiger partial charge is 0.214 e. The topological polar surface area (TPSA) is 0 Å². The van der Waals surface area contributed by atoms with E-state index in [-0.39, 0.29) is 26.2 Å². The molecule has 1 radical (unpaired) electrons. The molecule has 0 fully saturated rings. The molecule has 2 aromatic carbocycles. The van der Waals surface area contributed by atoms with Crippen LogP contribution in [0.3, 0.4) is 0 Å². The number of halogens is 1. The summed E-state index contributed by atoms with van der Waals surface area (Å²) in [7, 11) is 0.750. The van der Waals surface area contributed by atoms with Crippen molar-refractivity contribution in [2.75, 3.05) is 6.38 Å². The van der Waals surface area contributed by atoms with Crippen molar-refractivity contribution in [2.45, 2.75) is 13.1 Å². The first kappa shape index (κ1) is 21.4. The van der Waals surface area contributed by atoms with Gasteiger partial charge in [0.2, 0.25) is 0 Å². The molecular formula is C13H20ClSiZr. The van der Waals surface area contributed by atoms with E-state index in [4.69, 9.17) is 0 Å². The maximum Gasteiger partial charge on any atom is 2.00 e. The second-order valence-corrected chi connectivity index (χ2v) is 3.66. The largest absolute Gasteiger partial charge is 2.00 e. The van der Waals surface area contributed by atoms with E-state index < -0.39 is 0 Å². The third-order valence-corrected chi connectivity index (χ3v) is 1.11. The van der Waals surface area contributed by atoms with Crippen molar-refractivity contribution < 1.29 is 26.2 Å². The van der Waals surface area contributed by atoms with Crippen LogP contribution in [0.15, 0.2) is 60.7 Å². The average molecular weight is 331 g/mol. The van der Waals surface area contributed by atoms with E-state index in [0.29, 0.717) is 0 Å². The molecule has 0 unspecified atom stereocenters. The Morgan fingerprint density at radius 1 is 0.750 bits per heavy atom. The fraction of sp³-hybridized carbons (Fsp3) is 0.231. The van der Waals surface area contributed by atoms with Crippen LogP contribution < -0.4 is 0 Å². The molecule has 0 bridgehead atoms. The fourth-order valence-electron chi connectivity index (χ4n) is 0.642. The van der Waals surface area contributed by atoms with Gasteiger partial charge in [-0.2, -0.15) is 36.4 Å². The molecule has 0 aromatic heterocycles. The standard InChI is InChI=1S/2C5H5.C2H7Si.CH3Cl.Zr/c2*1-2-4-5-3-1;1-3-2;1-2;/h2*1-5H;3H,1-2H3;1H3;/q2*-1;;;+2. The summed E-state index contributed by atoms with van der Waals surface area (Å²) in [5, 5.41) is 0. The molecule has 0 aliphatic heterocycles. The van der Waals surface area contributed by atoms with Gasteiger partial charge in [0.15, 0.2) is 0 Å². The molecule has 2 aromatic rings. The monoisotopic (exact) mass is 329 g/mol. The van der Waals surface area contributed by atoms with Gasteiger partial charge in [-0.15, -0.1) is 11.6 Å². The zero-order chi connectivity index (χ0) is 11.8. The average Bonchev–Trinajstić information content (AvgIpc) is 3.01. The summed E-state index contributed by atoms with van der Waals surface area (Å²) in [5.41, 5.74) is 0. The van der Waals surface area contributed by atoms with Crippen LogP contribution in [-0.2, 0) is 26.2 Å². The van der Waals surface area contributed by atoms with Gasteiger partial charge in [-0.05, 0) is 0 Å². The van der Waals surface area contributed by atoms with E-state index in [9.17, 15) is 0 Å². The SMILES string of the molecule is CCl.C[SiH]C.[Zr+2].c1cc[cH-]c1.c1cc[cH-]c1. The van der Waals surface area contributed by atoms with Crippen LogP contribution in [0.25, 0.3) is 0 Å². The molecule has 0 N–H and O–H groups in total. The molecule has 0 amide bonds. The van der Waals surface area contributed by atoms with Crippen molar-refractivity contribution in [3.63, 3.8) is 0 Å². The van der Waals surface area contributed by atoms with Crippen molar-refractivity contribution in [1.82, 2.24) is 0 Å². The summed E-state index contributed by atoms with van der Waals surface area (Å²) in [6, 6.07) is 20.0. The second kappa shape index (κ2) is 24.4. The van der Waals surface area contributed by atoms with Crippen LogP contribution in [0.4, 0.5) is 0 Å². The third kappa shape index (κ3) is 23.7. The molecule has 0 spiro atoms. The first-order chi connectivity index (χ1) is 7.41. The Morgan fingerprint density at radius 3 is 1.00 bits per heavy atom. The minimum atomic E-state index is 0. The van der Waals surface area contributed by atoms with E-state index in [2.05, 4.69) is 24.7 Å². The van der Waals surface area contributed by atoms with Crippen LogP contribution in [0.1, 0.15) is 0 Å². The van der Waals surface area contributed by atoms with E-state index in [1.165, 1.54) is 6.38 Å². The Morgan fingerprint density at radius 2 is 0.938 bits per heavy atom. The maximum absolute atomic E-state index is 4.64. The van der Waals surface area contributed by atoms with E-state index in [1.54, 1.807) is 0 Å². The van der Waals surface area contributed by atoms with Gasteiger partial charge in [-0.1, -0.05) is 13.1 Å². The Hall–Kier alpha value is 0.0900. The summed E-state index contributed by atoms with van der Waals surface area (Å²) in [5.74, 6) is 0. The van der Waals surface area contributed by atoms with Gasteiger partial charge < -0.3 is 0 Å². The molecular weight excluding hydrogens is 311 g/mol. The van der Waals surface area contributed by atoms with Crippen LogP contribution in [0, 0.1) is 0 Å². The van der Waals surface area contributed by atoms with Crippen molar-refractivity contribution in [1.29, 1.82) is 0 Å². The minimum absolute atomic E-state index is 0. The molecule has 0 saturated heterocycles. The van der Waals surface area contributed by atoms with Gasteiger partial charge in [0.1, 0.15) is 0 Å². The first-order valence-electron chi connectivity index (χ1n) is 4.87. The summed E-state index contributed by atoms with van der Waals surface area (Å²) >= 11 is 4.64. The normalized spacial score (nSPS) is 6.50. The molecule has 0 nitrogen and oxygen atoms in total. The number of alkyl halides is 1. The Bertz CT molecular complexity index is 168. The minimum Gasteiger partial charge on any atom is -0.214 e. The molecule has 16 heavy (non-hydrogen) atoms. The molecule has 0 aliphatic rings. The van der Waals surface area contributed by atoms with Crippen molar-refractivity contribution in [3.8, 4) is 0 Å². The quantitative estimate of drug-likeness (QED) is 0.386. The van der Waals surface area contributed by atoms with Gasteiger partial charge in [-0.25, -0.2) is 24.3 Å². The number of rotatable bonds is 0. The van der Waals surface area contributed by atoms with Gasteiger partial charge >= 0.3 is 26.2 Å². The van der Waals surface area contributed by atoms with Crippen LogP contribution in [0.2, 0.25) is 13.1 Å². The first-order valence-corrected chi connectivity index (χ1v) is 7.93. The fourth-order valence-corrected chi connectivity index (χ4v) is 0.642. The zero-order valence-electron chi connectivity index (χ0n) is 10.2. The summed E-state index contributed by atoms with van der Waals surface area (Å²) in [6.07, 6.45) is 1.47. The van der Waals surface area contributed by atoms with E-state index in [0.717, 1.165) is 9.52 Å². The zero-order valence-corrected chi connectivity index (χ0v) is 14.6. The summed E-state index contributed by atoms with van der Waals surface area (Å²) in [4.78, 5) is 0. The number of hydrogen-bond acceptors (Lipinski definition) is 0. The molecule has 0 atom stereocenters. The van der Waals surface area contributed by atoms with Crippen LogP contribution >= 0.6 is 11.6 Å². The Kier molecular flexibility index (Phi) is 32.6. The van der Waals surface area contributed by atoms with E-state index >= 15 is 0 Å². The van der Waals surface area contributed by atoms with Crippen LogP contribution in [0.5, 0.6) is 0 Å². The molecule has 0 aliphatic carbocycles. The van der Waals surface area contributed by atoms with Crippen LogP contribution in [-0.4, -0.2) is 15.9 Å². The summed E-state index contributed by atoms with van der Waals surface area (Å²) in [6.45, 7) is 4.42. The van der Waals surface area contributed by atoms with Gasteiger partial charge in [0.25, 0.3) is 0 Å². The molecule has 3 heteroatoms. The molecule has 0 saturated carbocycles.